The molecule has 3 aromatic rings. The van der Waals surface area contributed by atoms with E-state index in [2.05, 4.69) is 21.2 Å². The maximum atomic E-state index is 11.4. The minimum Gasteiger partial charge on any atom is -0.477 e. The maximum absolute atomic E-state index is 11.4. The van der Waals surface area contributed by atoms with Gasteiger partial charge in [-0.3, -0.25) is 0 Å². The number of carboxylic acid groups (broad SMARTS) is 1. The highest BCUT2D eigenvalue weighted by Crippen LogP contribution is 2.32. The zero-order chi connectivity index (χ0) is 14.8. The summed E-state index contributed by atoms with van der Waals surface area (Å²) < 4.78 is 1.99. The average molecular weight is 362 g/mol. The molecule has 0 aliphatic heterocycles. The second-order valence-corrected chi connectivity index (χ2v) is 6.54. The highest BCUT2D eigenvalue weighted by atomic mass is 79.9. The number of hydrogen-bond acceptors (Lipinski definition) is 3. The zero-order valence-corrected chi connectivity index (χ0v) is 13.4. The van der Waals surface area contributed by atoms with Gasteiger partial charge in [0.2, 0.25) is 0 Å². The SMILES string of the molecule is O=C(O)c1sc2ccccc2c1CNc1cccc(Br)c1. The van der Waals surface area contributed by atoms with Gasteiger partial charge in [0.1, 0.15) is 4.88 Å². The second-order valence-electron chi connectivity index (χ2n) is 4.57. The smallest absolute Gasteiger partial charge is 0.346 e. The molecule has 0 amide bonds. The van der Waals surface area contributed by atoms with Gasteiger partial charge in [0.25, 0.3) is 0 Å². The minimum absolute atomic E-state index is 0.402. The van der Waals surface area contributed by atoms with Crippen molar-refractivity contribution in [3.05, 3.63) is 63.4 Å². The molecule has 1 aromatic heterocycles. The molecule has 0 fully saturated rings. The Morgan fingerprint density at radius 2 is 2.00 bits per heavy atom. The molecule has 0 aliphatic carbocycles. The predicted octanol–water partition coefficient (Wildman–Crippen LogP) is 4.97. The molecule has 21 heavy (non-hydrogen) atoms. The summed E-state index contributed by atoms with van der Waals surface area (Å²) in [6.07, 6.45) is 0. The Bertz CT molecular complexity index is 813. The van der Waals surface area contributed by atoms with E-state index in [4.69, 9.17) is 0 Å². The Morgan fingerprint density at radius 1 is 1.19 bits per heavy atom. The van der Waals surface area contributed by atoms with Gasteiger partial charge in [-0.2, -0.15) is 0 Å². The van der Waals surface area contributed by atoms with Crippen LogP contribution in [0, 0.1) is 0 Å². The quantitative estimate of drug-likeness (QED) is 0.689. The standard InChI is InChI=1S/C16H12BrNO2S/c17-10-4-3-5-11(8-10)18-9-13-12-6-1-2-7-14(12)21-15(13)16(19)20/h1-8,18H,9H2,(H,19,20). The molecule has 2 aromatic carbocycles. The summed E-state index contributed by atoms with van der Waals surface area (Å²) in [7, 11) is 0. The van der Waals surface area contributed by atoms with Crippen molar-refractivity contribution in [2.24, 2.45) is 0 Å². The Kier molecular flexibility index (Phi) is 3.94. The van der Waals surface area contributed by atoms with Crippen molar-refractivity contribution in [1.82, 2.24) is 0 Å². The average Bonchev–Trinajstić information content (AvgIpc) is 2.84. The van der Waals surface area contributed by atoms with E-state index in [-0.39, 0.29) is 0 Å². The summed E-state index contributed by atoms with van der Waals surface area (Å²) in [5, 5.41) is 13.7. The van der Waals surface area contributed by atoms with Crippen LogP contribution in [0.25, 0.3) is 10.1 Å². The molecule has 3 nitrogen and oxygen atoms in total. The van der Waals surface area contributed by atoms with Crippen LogP contribution < -0.4 is 5.32 Å². The van der Waals surface area contributed by atoms with Gasteiger partial charge >= 0.3 is 5.97 Å². The lowest BCUT2D eigenvalue weighted by Crippen LogP contribution is -2.04. The van der Waals surface area contributed by atoms with E-state index in [1.807, 2.05) is 48.5 Å². The summed E-state index contributed by atoms with van der Waals surface area (Å²) >= 11 is 4.75. The number of fused-ring (bicyclic) bond motifs is 1. The first-order valence-electron chi connectivity index (χ1n) is 6.38. The van der Waals surface area contributed by atoms with Gasteiger partial charge in [-0.05, 0) is 29.7 Å². The maximum Gasteiger partial charge on any atom is 0.346 e. The van der Waals surface area contributed by atoms with Gasteiger partial charge in [-0.25, -0.2) is 4.79 Å². The van der Waals surface area contributed by atoms with Gasteiger partial charge in [0.05, 0.1) is 0 Å². The number of rotatable bonds is 4. The van der Waals surface area contributed by atoms with Crippen LogP contribution in [-0.2, 0) is 6.54 Å². The zero-order valence-electron chi connectivity index (χ0n) is 11.0. The minimum atomic E-state index is -0.873. The first-order valence-corrected chi connectivity index (χ1v) is 7.99. The Morgan fingerprint density at radius 3 is 2.76 bits per heavy atom. The van der Waals surface area contributed by atoms with Crippen LogP contribution in [-0.4, -0.2) is 11.1 Å². The third kappa shape index (κ3) is 2.94. The first kappa shape index (κ1) is 14.1. The van der Waals surface area contributed by atoms with Crippen LogP contribution in [0.5, 0.6) is 0 Å². The van der Waals surface area contributed by atoms with Crippen molar-refractivity contribution in [2.45, 2.75) is 6.54 Å². The molecule has 0 unspecified atom stereocenters. The van der Waals surface area contributed by atoms with E-state index in [9.17, 15) is 9.90 Å². The highest BCUT2D eigenvalue weighted by molar-refractivity contribution is 9.10. The lowest BCUT2D eigenvalue weighted by Gasteiger charge is -2.07. The number of thiophene rings is 1. The molecule has 0 spiro atoms. The molecule has 1 heterocycles. The number of benzene rings is 2. The van der Waals surface area contributed by atoms with E-state index < -0.39 is 5.97 Å². The summed E-state index contributed by atoms with van der Waals surface area (Å²) in [5.74, 6) is -0.873. The fourth-order valence-electron chi connectivity index (χ4n) is 2.24. The topological polar surface area (TPSA) is 49.3 Å². The molecular formula is C16H12BrNO2S. The predicted molar refractivity (Wildman–Crippen MR) is 90.3 cm³/mol. The first-order chi connectivity index (χ1) is 10.1. The Labute approximate surface area is 134 Å². The normalized spacial score (nSPS) is 10.7. The van der Waals surface area contributed by atoms with Gasteiger partial charge in [0, 0.05) is 27.0 Å². The van der Waals surface area contributed by atoms with E-state index in [1.165, 1.54) is 11.3 Å². The fourth-order valence-corrected chi connectivity index (χ4v) is 3.70. The molecular weight excluding hydrogens is 350 g/mol. The lowest BCUT2D eigenvalue weighted by atomic mass is 10.1. The molecule has 2 N–H and O–H groups in total. The monoisotopic (exact) mass is 361 g/mol. The van der Waals surface area contributed by atoms with E-state index in [1.54, 1.807) is 0 Å². The molecule has 0 atom stereocenters. The number of hydrogen-bond donors (Lipinski definition) is 2. The van der Waals surface area contributed by atoms with Gasteiger partial charge in [-0.15, -0.1) is 11.3 Å². The number of carboxylic acids is 1. The number of nitrogens with one attached hydrogen (secondary N) is 1. The van der Waals surface area contributed by atoms with Crippen molar-refractivity contribution in [2.75, 3.05) is 5.32 Å². The van der Waals surface area contributed by atoms with Gasteiger partial charge in [-0.1, -0.05) is 40.2 Å². The van der Waals surface area contributed by atoms with E-state index >= 15 is 0 Å². The molecule has 5 heteroatoms. The summed E-state index contributed by atoms with van der Waals surface area (Å²) in [4.78, 5) is 11.8. The van der Waals surface area contributed by atoms with Gasteiger partial charge in [0.15, 0.2) is 0 Å². The molecule has 106 valence electrons. The van der Waals surface area contributed by atoms with Gasteiger partial charge < -0.3 is 10.4 Å². The molecule has 0 bridgehead atoms. The van der Waals surface area contributed by atoms with Crippen molar-refractivity contribution in [1.29, 1.82) is 0 Å². The van der Waals surface area contributed by atoms with E-state index in [0.717, 1.165) is 25.8 Å². The van der Waals surface area contributed by atoms with Crippen LogP contribution in [0.2, 0.25) is 0 Å². The fraction of sp³-hybridized carbons (Fsp3) is 0.0625. The second kappa shape index (κ2) is 5.87. The number of carbonyl (C=O) groups is 1. The Hall–Kier alpha value is -1.85. The van der Waals surface area contributed by atoms with Crippen molar-refractivity contribution >= 4 is 49.0 Å². The highest BCUT2D eigenvalue weighted by Gasteiger charge is 2.17. The van der Waals surface area contributed by atoms with Crippen LogP contribution in [0.1, 0.15) is 15.2 Å². The van der Waals surface area contributed by atoms with Crippen molar-refractivity contribution in [3.63, 3.8) is 0 Å². The van der Waals surface area contributed by atoms with Crippen molar-refractivity contribution < 1.29 is 9.90 Å². The Balaban J connectivity index is 1.95. The summed E-state index contributed by atoms with van der Waals surface area (Å²) in [5.41, 5.74) is 1.79. The lowest BCUT2D eigenvalue weighted by molar-refractivity contribution is 0.0701. The molecule has 0 saturated carbocycles. The van der Waals surface area contributed by atoms with Crippen LogP contribution >= 0.6 is 27.3 Å². The summed E-state index contributed by atoms with van der Waals surface area (Å²) in [6.45, 7) is 0.488. The molecule has 0 radical (unpaired) electrons. The number of aromatic carboxylic acids is 1. The molecule has 0 saturated heterocycles. The van der Waals surface area contributed by atoms with E-state index in [0.29, 0.717) is 11.4 Å². The number of anilines is 1. The third-order valence-corrected chi connectivity index (χ3v) is 4.88. The largest absolute Gasteiger partial charge is 0.477 e. The van der Waals surface area contributed by atoms with Crippen molar-refractivity contribution in [3.8, 4) is 0 Å². The molecule has 3 rings (SSSR count). The summed E-state index contributed by atoms with van der Waals surface area (Å²) in [6, 6.07) is 15.6. The molecule has 0 aliphatic rings. The van der Waals surface area contributed by atoms with Crippen LogP contribution in [0.4, 0.5) is 5.69 Å². The van der Waals surface area contributed by atoms with Crippen LogP contribution in [0.3, 0.4) is 0 Å². The number of halogens is 1. The third-order valence-electron chi connectivity index (χ3n) is 3.19. The van der Waals surface area contributed by atoms with Crippen LogP contribution in [0.15, 0.2) is 53.0 Å².